The van der Waals surface area contributed by atoms with Crippen LogP contribution in [0, 0.1) is 0 Å². The van der Waals surface area contributed by atoms with Gasteiger partial charge in [0, 0.05) is 10.8 Å². The molecule has 290 valence electrons. The lowest BCUT2D eigenvalue weighted by Crippen LogP contribution is -1.92. The average Bonchev–Trinajstić information content (AvgIpc) is 3.74. The van der Waals surface area contributed by atoms with Crippen molar-refractivity contribution in [1.82, 2.24) is 9.38 Å². The second-order valence-electron chi connectivity index (χ2n) is 16.2. The third kappa shape index (κ3) is 5.91. The first-order valence-electron chi connectivity index (χ1n) is 21.4. The van der Waals surface area contributed by atoms with Gasteiger partial charge in [-0.25, -0.2) is 4.98 Å². The molecule has 2 heteroatoms. The van der Waals surface area contributed by atoms with Gasteiger partial charge in [-0.2, -0.15) is 0 Å². The Hall–Kier alpha value is -8.07. The van der Waals surface area contributed by atoms with E-state index in [9.17, 15) is 0 Å². The van der Waals surface area contributed by atoms with Gasteiger partial charge in [0.15, 0.2) is 0 Å². The van der Waals surface area contributed by atoms with Gasteiger partial charge in [-0.05, 0) is 137 Å². The maximum absolute atomic E-state index is 5.16. The quantitative estimate of drug-likeness (QED) is 0.121. The molecule has 0 radical (unpaired) electrons. The summed E-state index contributed by atoms with van der Waals surface area (Å²) in [6, 6.07) is 75.2. The molecule has 0 aliphatic heterocycles. The summed E-state index contributed by atoms with van der Waals surface area (Å²) in [5, 5.41) is 11.0. The largest absolute Gasteiger partial charge is 0.292 e. The first-order chi connectivity index (χ1) is 30.7. The number of benzene rings is 10. The third-order valence-electron chi connectivity index (χ3n) is 12.7. The Bertz CT molecular complexity index is 3810. The highest BCUT2D eigenvalue weighted by atomic mass is 15.0. The van der Waals surface area contributed by atoms with E-state index in [4.69, 9.17) is 4.98 Å². The first kappa shape index (κ1) is 35.8. The molecule has 0 spiro atoms. The maximum Gasteiger partial charge on any atom is 0.146 e. The van der Waals surface area contributed by atoms with Crippen molar-refractivity contribution in [3.05, 3.63) is 230 Å². The van der Waals surface area contributed by atoms with Crippen LogP contribution in [0.25, 0.3) is 116 Å². The fourth-order valence-corrected chi connectivity index (χ4v) is 9.68. The van der Waals surface area contributed by atoms with Crippen molar-refractivity contribution in [2.45, 2.75) is 6.92 Å². The smallest absolute Gasteiger partial charge is 0.146 e. The molecular formula is C60H40N2. The van der Waals surface area contributed by atoms with E-state index in [1.165, 1.54) is 93.1 Å². The number of fused-ring (bicyclic) bond motifs is 11. The zero-order valence-electron chi connectivity index (χ0n) is 34.3. The zero-order valence-corrected chi connectivity index (χ0v) is 34.3. The van der Waals surface area contributed by atoms with Crippen molar-refractivity contribution in [1.29, 1.82) is 0 Å². The van der Waals surface area contributed by atoms with E-state index in [0.717, 1.165) is 27.6 Å². The zero-order chi connectivity index (χ0) is 41.1. The average molecular weight is 789 g/mol. The number of imidazole rings is 1. The Kier molecular flexibility index (Phi) is 8.43. The molecule has 0 aliphatic carbocycles. The summed E-state index contributed by atoms with van der Waals surface area (Å²) in [5.41, 5.74) is 15.0. The number of rotatable bonds is 6. The molecule has 12 rings (SSSR count). The van der Waals surface area contributed by atoms with E-state index in [1.54, 1.807) is 0 Å². The van der Waals surface area contributed by atoms with E-state index in [-0.39, 0.29) is 0 Å². The van der Waals surface area contributed by atoms with Gasteiger partial charge in [0.2, 0.25) is 0 Å². The van der Waals surface area contributed by atoms with E-state index in [0.29, 0.717) is 0 Å². The molecule has 0 aliphatic rings. The van der Waals surface area contributed by atoms with Crippen LogP contribution in [0.1, 0.15) is 18.1 Å². The summed E-state index contributed by atoms with van der Waals surface area (Å²) in [6.07, 6.45) is 6.82. The van der Waals surface area contributed by atoms with Crippen molar-refractivity contribution in [2.24, 2.45) is 0 Å². The Labute approximate surface area is 360 Å². The van der Waals surface area contributed by atoms with Gasteiger partial charge in [0.1, 0.15) is 5.65 Å². The van der Waals surface area contributed by atoms with Crippen LogP contribution in [0.15, 0.2) is 218 Å². The summed E-state index contributed by atoms with van der Waals surface area (Å²) >= 11 is 0. The van der Waals surface area contributed by atoms with Crippen LogP contribution in [0.2, 0.25) is 0 Å². The molecule has 10 aromatic carbocycles. The van der Waals surface area contributed by atoms with Crippen LogP contribution in [0.4, 0.5) is 0 Å². The summed E-state index contributed by atoms with van der Waals surface area (Å²) in [6.45, 7) is 2.13. The molecule has 2 heterocycles. The second kappa shape index (κ2) is 14.6. The minimum Gasteiger partial charge on any atom is -0.292 e. The fourth-order valence-electron chi connectivity index (χ4n) is 9.68. The number of para-hydroxylation sites is 3. The highest BCUT2D eigenvalue weighted by Crippen LogP contribution is 2.42. The summed E-state index contributed by atoms with van der Waals surface area (Å²) in [7, 11) is 0. The van der Waals surface area contributed by atoms with E-state index in [1.807, 2.05) is 0 Å². The maximum atomic E-state index is 5.16. The van der Waals surface area contributed by atoms with Crippen LogP contribution in [-0.2, 0) is 0 Å². The van der Waals surface area contributed by atoms with Gasteiger partial charge in [-0.3, -0.25) is 4.40 Å². The predicted molar refractivity (Wildman–Crippen MR) is 266 cm³/mol. The highest BCUT2D eigenvalue weighted by molar-refractivity contribution is 6.15. The van der Waals surface area contributed by atoms with Gasteiger partial charge in [-0.1, -0.05) is 182 Å². The predicted octanol–water partition coefficient (Wildman–Crippen LogP) is 16.4. The molecule has 0 fully saturated rings. The SMILES string of the molecule is C/C=C(\C=C/c1cc(-c2ccc3ccccc3c2)c2ccccc2c1-c1ccc2ccccc2c1)c1ccc(-c2ccc3c4ccccc4n4c5ccccc5nc4c3c2)cc1. The first-order valence-corrected chi connectivity index (χ1v) is 21.4. The number of aromatic nitrogens is 2. The van der Waals surface area contributed by atoms with Gasteiger partial charge in [0.05, 0.1) is 16.6 Å². The summed E-state index contributed by atoms with van der Waals surface area (Å²) in [4.78, 5) is 5.16. The minimum absolute atomic E-state index is 0.986. The molecule has 0 saturated carbocycles. The van der Waals surface area contributed by atoms with Crippen LogP contribution in [0.3, 0.4) is 0 Å². The molecule has 62 heavy (non-hydrogen) atoms. The molecule has 0 bridgehead atoms. The van der Waals surface area contributed by atoms with Crippen molar-refractivity contribution in [2.75, 3.05) is 0 Å². The fraction of sp³-hybridized carbons (Fsp3) is 0.0167. The molecule has 0 unspecified atom stereocenters. The molecular weight excluding hydrogens is 749 g/mol. The monoisotopic (exact) mass is 788 g/mol. The van der Waals surface area contributed by atoms with Crippen LogP contribution < -0.4 is 0 Å². The lowest BCUT2D eigenvalue weighted by Gasteiger charge is -2.17. The van der Waals surface area contributed by atoms with Crippen LogP contribution in [-0.4, -0.2) is 9.38 Å². The molecule has 0 N–H and O–H groups in total. The Balaban J connectivity index is 0.960. The number of pyridine rings is 1. The van der Waals surface area contributed by atoms with Crippen molar-refractivity contribution >= 4 is 82.3 Å². The second-order valence-corrected chi connectivity index (χ2v) is 16.2. The Morgan fingerprint density at radius 1 is 0.435 bits per heavy atom. The molecule has 0 amide bonds. The number of nitrogens with zero attached hydrogens (tertiary/aromatic N) is 2. The van der Waals surface area contributed by atoms with Crippen molar-refractivity contribution < 1.29 is 0 Å². The van der Waals surface area contributed by atoms with Gasteiger partial charge in [-0.15, -0.1) is 0 Å². The molecule has 0 atom stereocenters. The standard InChI is InChI=1S/C60H40N2/c1-2-39(42-24-26-43(27-25-42)46-33-34-51-52-18-9-11-21-57(52)62-58-22-12-10-20-56(58)61-60(62)55(51)37-46)23-31-49-38-54(47-30-28-40-13-3-5-15-44(40)35-47)50-17-7-8-19-53(50)59(49)48-32-29-41-14-4-6-16-45(41)36-48/h2-38H,1H3/b31-23-,39-2+. The van der Waals surface area contributed by atoms with E-state index in [2.05, 4.69) is 236 Å². The van der Waals surface area contributed by atoms with Crippen LogP contribution in [0.5, 0.6) is 0 Å². The Morgan fingerprint density at radius 3 is 1.79 bits per heavy atom. The highest BCUT2D eigenvalue weighted by Gasteiger charge is 2.17. The molecule has 12 aromatic rings. The van der Waals surface area contributed by atoms with Crippen LogP contribution >= 0.6 is 0 Å². The van der Waals surface area contributed by atoms with Crippen molar-refractivity contribution in [3.63, 3.8) is 0 Å². The third-order valence-corrected chi connectivity index (χ3v) is 12.7. The molecule has 2 aromatic heterocycles. The lowest BCUT2D eigenvalue weighted by atomic mass is 9.86. The van der Waals surface area contributed by atoms with Gasteiger partial charge >= 0.3 is 0 Å². The molecule has 2 nitrogen and oxygen atoms in total. The van der Waals surface area contributed by atoms with Gasteiger partial charge in [0.25, 0.3) is 0 Å². The minimum atomic E-state index is 0.986. The van der Waals surface area contributed by atoms with Crippen molar-refractivity contribution in [3.8, 4) is 33.4 Å². The number of hydrogen-bond acceptors (Lipinski definition) is 1. The summed E-state index contributed by atoms with van der Waals surface area (Å²) in [5.74, 6) is 0. The normalized spacial score (nSPS) is 12.3. The number of allylic oxidation sites excluding steroid dienone is 3. The van der Waals surface area contributed by atoms with Gasteiger partial charge < -0.3 is 0 Å². The molecule has 0 saturated heterocycles. The summed E-state index contributed by atoms with van der Waals surface area (Å²) < 4.78 is 2.32. The Morgan fingerprint density at radius 2 is 1.03 bits per heavy atom. The topological polar surface area (TPSA) is 17.3 Å². The van der Waals surface area contributed by atoms with E-state index < -0.39 is 0 Å². The lowest BCUT2D eigenvalue weighted by molar-refractivity contribution is 1.31. The number of hydrogen-bond donors (Lipinski definition) is 0. The van der Waals surface area contributed by atoms with E-state index >= 15 is 0 Å².